The maximum Gasteiger partial charge on any atom is 0.262 e. The second-order valence-electron chi connectivity index (χ2n) is 5.71. The predicted molar refractivity (Wildman–Crippen MR) is 82.5 cm³/mol. The van der Waals surface area contributed by atoms with Crippen LogP contribution >= 0.6 is 0 Å². The van der Waals surface area contributed by atoms with Crippen molar-refractivity contribution in [2.45, 2.75) is 51.6 Å². The van der Waals surface area contributed by atoms with Crippen molar-refractivity contribution in [3.05, 3.63) is 11.3 Å². The van der Waals surface area contributed by atoms with Gasteiger partial charge in [0.15, 0.2) is 5.03 Å². The highest BCUT2D eigenvalue weighted by molar-refractivity contribution is 7.89. The van der Waals surface area contributed by atoms with Crippen LogP contribution in [0.3, 0.4) is 0 Å². The van der Waals surface area contributed by atoms with Gasteiger partial charge >= 0.3 is 0 Å². The normalized spacial score (nSPS) is 15.8. The van der Waals surface area contributed by atoms with Crippen LogP contribution in [-0.2, 0) is 16.6 Å². The summed E-state index contributed by atoms with van der Waals surface area (Å²) < 4.78 is 27.2. The quantitative estimate of drug-likeness (QED) is 0.679. The Balaban J connectivity index is 2.21. The van der Waals surface area contributed by atoms with Gasteiger partial charge in [0.1, 0.15) is 0 Å². The lowest BCUT2D eigenvalue weighted by atomic mass is 10.2. The van der Waals surface area contributed by atoms with Gasteiger partial charge in [0.25, 0.3) is 10.0 Å². The highest BCUT2D eigenvalue weighted by atomic mass is 32.2. The number of nitrogens with zero attached hydrogens (tertiary/aromatic N) is 2. The molecule has 0 unspecified atom stereocenters. The molecule has 0 atom stereocenters. The smallest absolute Gasteiger partial charge is 0.262 e. The molecule has 21 heavy (non-hydrogen) atoms. The summed E-state index contributed by atoms with van der Waals surface area (Å²) in [6, 6.07) is 0. The van der Waals surface area contributed by atoms with E-state index in [2.05, 4.69) is 22.4 Å². The number of aromatic amines is 1. The Kier molecular flexibility index (Phi) is 5.40. The van der Waals surface area contributed by atoms with E-state index >= 15 is 0 Å². The van der Waals surface area contributed by atoms with Crippen LogP contribution in [0, 0.1) is 12.8 Å². The summed E-state index contributed by atoms with van der Waals surface area (Å²) in [5, 5.41) is 10.3. The maximum atomic E-state index is 12.8. The number of H-pyrrole nitrogens is 1. The van der Waals surface area contributed by atoms with E-state index in [0.29, 0.717) is 25.6 Å². The lowest BCUT2D eigenvalue weighted by Gasteiger charge is -2.19. The molecule has 2 N–H and O–H groups in total. The summed E-state index contributed by atoms with van der Waals surface area (Å²) in [4.78, 5) is 0. The third-order valence-electron chi connectivity index (χ3n) is 3.86. The summed E-state index contributed by atoms with van der Waals surface area (Å²) in [7, 11) is -3.50. The van der Waals surface area contributed by atoms with Gasteiger partial charge in [-0.25, -0.2) is 8.42 Å². The molecule has 1 aromatic heterocycles. The molecule has 6 nitrogen and oxygen atoms in total. The minimum absolute atomic E-state index is 0.186. The van der Waals surface area contributed by atoms with E-state index in [-0.39, 0.29) is 5.03 Å². The summed E-state index contributed by atoms with van der Waals surface area (Å²) in [5.74, 6) is 0.529. The Hall–Kier alpha value is -0.920. The van der Waals surface area contributed by atoms with Crippen LogP contribution in [0.1, 0.15) is 44.4 Å². The van der Waals surface area contributed by atoms with Gasteiger partial charge in [-0.1, -0.05) is 13.8 Å². The summed E-state index contributed by atoms with van der Waals surface area (Å²) in [6.45, 7) is 8.34. The average Bonchev–Trinajstić information content (AvgIpc) is 3.19. The first-order chi connectivity index (χ1) is 10.0. The number of aromatic nitrogens is 2. The highest BCUT2D eigenvalue weighted by Gasteiger charge is 2.33. The van der Waals surface area contributed by atoms with Gasteiger partial charge in [-0.2, -0.15) is 9.40 Å². The molecular weight excluding hydrogens is 288 g/mol. The van der Waals surface area contributed by atoms with E-state index in [9.17, 15) is 8.42 Å². The van der Waals surface area contributed by atoms with Gasteiger partial charge < -0.3 is 5.32 Å². The Labute approximate surface area is 127 Å². The van der Waals surface area contributed by atoms with E-state index in [4.69, 9.17) is 0 Å². The molecule has 120 valence electrons. The molecule has 0 amide bonds. The minimum Gasteiger partial charge on any atom is -0.313 e. The van der Waals surface area contributed by atoms with Crippen molar-refractivity contribution < 1.29 is 8.42 Å². The second-order valence-corrected chi connectivity index (χ2v) is 7.56. The number of aryl methyl sites for hydroxylation is 1. The molecule has 0 aliphatic heterocycles. The van der Waals surface area contributed by atoms with Crippen molar-refractivity contribution in [2.24, 2.45) is 5.92 Å². The molecule has 7 heteroatoms. The van der Waals surface area contributed by atoms with Crippen molar-refractivity contribution in [2.75, 3.05) is 19.6 Å². The maximum absolute atomic E-state index is 12.8. The molecule has 0 radical (unpaired) electrons. The van der Waals surface area contributed by atoms with Crippen molar-refractivity contribution in [1.82, 2.24) is 19.8 Å². The highest BCUT2D eigenvalue weighted by Crippen LogP contribution is 2.31. The summed E-state index contributed by atoms with van der Waals surface area (Å²) in [6.07, 6.45) is 3.29. The first kappa shape index (κ1) is 16.5. The zero-order valence-electron chi connectivity index (χ0n) is 13.1. The summed E-state index contributed by atoms with van der Waals surface area (Å²) in [5.41, 5.74) is 1.58. The van der Waals surface area contributed by atoms with E-state index in [0.717, 1.165) is 37.1 Å². The van der Waals surface area contributed by atoms with Gasteiger partial charge in [-0.15, -0.1) is 0 Å². The molecule has 1 aliphatic carbocycles. The van der Waals surface area contributed by atoms with Crippen LogP contribution in [0.4, 0.5) is 0 Å². The van der Waals surface area contributed by atoms with Crippen LogP contribution in [0.25, 0.3) is 0 Å². The molecule has 1 heterocycles. The first-order valence-electron chi connectivity index (χ1n) is 7.75. The third kappa shape index (κ3) is 3.84. The van der Waals surface area contributed by atoms with Crippen LogP contribution in [0.2, 0.25) is 0 Å². The molecule has 1 fully saturated rings. The van der Waals surface area contributed by atoms with Crippen molar-refractivity contribution >= 4 is 10.0 Å². The Morgan fingerprint density at radius 3 is 2.67 bits per heavy atom. The van der Waals surface area contributed by atoms with Crippen LogP contribution < -0.4 is 5.32 Å². The van der Waals surface area contributed by atoms with Gasteiger partial charge in [0.2, 0.25) is 0 Å². The van der Waals surface area contributed by atoms with Gasteiger partial charge in [0.05, 0.1) is 0 Å². The standard InChI is InChI=1S/C14H26N4O2S/c1-4-8-15-9-13-11(3)16-17-14(13)21(19,20)18(5-2)10-12-6-7-12/h12,15H,4-10H2,1-3H3,(H,16,17). The fourth-order valence-corrected chi connectivity index (χ4v) is 4.04. The Morgan fingerprint density at radius 1 is 1.38 bits per heavy atom. The summed E-state index contributed by atoms with van der Waals surface area (Å²) >= 11 is 0. The van der Waals surface area contributed by atoms with Crippen molar-refractivity contribution in [3.63, 3.8) is 0 Å². The molecular formula is C14H26N4O2S. The fraction of sp³-hybridized carbons (Fsp3) is 0.786. The van der Waals surface area contributed by atoms with Crippen LogP contribution in [0.5, 0.6) is 0 Å². The number of rotatable bonds is 9. The molecule has 0 saturated heterocycles. The van der Waals surface area contributed by atoms with Crippen LogP contribution in [0.15, 0.2) is 5.03 Å². The minimum atomic E-state index is -3.50. The third-order valence-corrected chi connectivity index (χ3v) is 5.77. The number of hydrogen-bond acceptors (Lipinski definition) is 4. The van der Waals surface area contributed by atoms with Gasteiger partial charge in [-0.05, 0) is 38.6 Å². The van der Waals surface area contributed by atoms with E-state index in [1.54, 1.807) is 4.31 Å². The first-order valence-corrected chi connectivity index (χ1v) is 9.19. The van der Waals surface area contributed by atoms with E-state index in [1.807, 2.05) is 13.8 Å². The zero-order valence-corrected chi connectivity index (χ0v) is 14.0. The SMILES string of the molecule is CCCNCc1c(S(=O)(=O)N(CC)CC2CC2)n[nH]c1C. The zero-order chi connectivity index (χ0) is 15.5. The Morgan fingerprint density at radius 2 is 2.10 bits per heavy atom. The molecule has 0 bridgehead atoms. The average molecular weight is 314 g/mol. The Bertz CT molecular complexity index is 564. The predicted octanol–water partition coefficient (Wildman–Crippen LogP) is 1.64. The fourth-order valence-electron chi connectivity index (χ4n) is 2.35. The number of nitrogens with one attached hydrogen (secondary N) is 2. The van der Waals surface area contributed by atoms with E-state index in [1.165, 1.54) is 0 Å². The lowest BCUT2D eigenvalue weighted by molar-refractivity contribution is 0.409. The molecule has 0 aromatic carbocycles. The number of hydrogen-bond donors (Lipinski definition) is 2. The second kappa shape index (κ2) is 6.89. The topological polar surface area (TPSA) is 78.1 Å². The molecule has 1 saturated carbocycles. The largest absolute Gasteiger partial charge is 0.313 e. The van der Waals surface area contributed by atoms with Gasteiger partial charge in [-0.3, -0.25) is 5.10 Å². The lowest BCUT2D eigenvalue weighted by Crippen LogP contribution is -2.34. The van der Waals surface area contributed by atoms with Crippen molar-refractivity contribution in [3.8, 4) is 0 Å². The number of sulfonamides is 1. The molecule has 0 spiro atoms. The molecule has 1 aromatic rings. The molecule has 2 rings (SSSR count). The van der Waals surface area contributed by atoms with Crippen LogP contribution in [-0.4, -0.2) is 42.6 Å². The molecule has 1 aliphatic rings. The van der Waals surface area contributed by atoms with Gasteiger partial charge in [0, 0.05) is 30.9 Å². The van der Waals surface area contributed by atoms with E-state index < -0.39 is 10.0 Å². The monoisotopic (exact) mass is 314 g/mol. The van der Waals surface area contributed by atoms with Crippen molar-refractivity contribution in [1.29, 1.82) is 0 Å².